The van der Waals surface area contributed by atoms with Crippen molar-refractivity contribution >= 4 is 38.9 Å². The van der Waals surface area contributed by atoms with Crippen molar-refractivity contribution in [3.05, 3.63) is 51.2 Å². The number of halogens is 1. The Morgan fingerprint density at radius 1 is 1.29 bits per heavy atom. The number of thiophene rings is 1. The van der Waals surface area contributed by atoms with E-state index in [1.54, 1.807) is 0 Å². The molecular weight excluding hydrogens is 346 g/mol. The largest absolute Gasteiger partial charge is 0.325 e. The van der Waals surface area contributed by atoms with E-state index >= 15 is 0 Å². The van der Waals surface area contributed by atoms with Gasteiger partial charge in [0.2, 0.25) is 5.91 Å². The predicted octanol–water partition coefficient (Wildman–Crippen LogP) is 5.02. The fourth-order valence-corrected chi connectivity index (χ4v) is 4.31. The lowest BCUT2D eigenvalue weighted by atomic mass is 9.85. The highest BCUT2D eigenvalue weighted by molar-refractivity contribution is 9.09. The number of nitrogens with one attached hydrogen (secondary N) is 1. The van der Waals surface area contributed by atoms with Crippen molar-refractivity contribution < 1.29 is 4.79 Å². The summed E-state index contributed by atoms with van der Waals surface area (Å²) in [4.78, 5) is 14.9. The third-order valence-corrected chi connectivity index (χ3v) is 6.73. The van der Waals surface area contributed by atoms with Crippen molar-refractivity contribution in [3.63, 3.8) is 0 Å². The maximum absolute atomic E-state index is 12.0. The average Bonchev–Trinajstić information content (AvgIpc) is 3.02. The molecule has 0 fully saturated rings. The number of carbonyl (C=O) groups is 1. The zero-order valence-corrected chi connectivity index (χ0v) is 14.8. The van der Waals surface area contributed by atoms with Crippen LogP contribution in [0.1, 0.15) is 46.5 Å². The van der Waals surface area contributed by atoms with Gasteiger partial charge < -0.3 is 5.32 Å². The van der Waals surface area contributed by atoms with E-state index in [0.717, 1.165) is 17.7 Å². The molecule has 1 amide bonds. The number of benzene rings is 1. The van der Waals surface area contributed by atoms with E-state index in [0.29, 0.717) is 0 Å². The molecule has 3 rings (SSSR count). The molecule has 1 N–H and O–H groups in total. The van der Waals surface area contributed by atoms with Crippen LogP contribution in [0.15, 0.2) is 30.3 Å². The van der Waals surface area contributed by atoms with Crippen LogP contribution in [0.3, 0.4) is 0 Å². The highest BCUT2D eigenvalue weighted by Crippen LogP contribution is 2.42. The zero-order chi connectivity index (χ0) is 15.2. The quantitative estimate of drug-likeness (QED) is 0.761. The SMILES string of the molecule is CCc1ccc(C(Br)c2ccc3c(c2)C(C)(C)C(=O)N3)s1. The summed E-state index contributed by atoms with van der Waals surface area (Å²) in [6.07, 6.45) is 1.07. The Morgan fingerprint density at radius 2 is 2.05 bits per heavy atom. The molecule has 0 bridgehead atoms. The van der Waals surface area contributed by atoms with Crippen LogP contribution in [-0.2, 0) is 16.6 Å². The van der Waals surface area contributed by atoms with E-state index < -0.39 is 5.41 Å². The second kappa shape index (κ2) is 5.25. The van der Waals surface area contributed by atoms with Gasteiger partial charge in [-0.2, -0.15) is 0 Å². The smallest absolute Gasteiger partial charge is 0.234 e. The Morgan fingerprint density at radius 3 is 2.71 bits per heavy atom. The fourth-order valence-electron chi connectivity index (χ4n) is 2.63. The number of anilines is 1. The number of aryl methyl sites for hydroxylation is 1. The lowest BCUT2D eigenvalue weighted by molar-refractivity contribution is -0.119. The summed E-state index contributed by atoms with van der Waals surface area (Å²) in [5, 5.41) is 2.96. The number of fused-ring (bicyclic) bond motifs is 1. The Balaban J connectivity index is 1.98. The first kappa shape index (κ1) is 14.8. The standard InChI is InChI=1S/C17H18BrNOS/c1-4-11-6-8-14(21-11)15(18)10-5-7-13-12(9-10)17(2,3)16(20)19-13/h5-9,15H,4H2,1-3H3,(H,19,20). The molecule has 110 valence electrons. The van der Waals surface area contributed by atoms with Crippen LogP contribution >= 0.6 is 27.3 Å². The second-order valence-corrected chi connectivity index (χ2v) is 8.02. The monoisotopic (exact) mass is 363 g/mol. The first-order chi connectivity index (χ1) is 9.93. The van der Waals surface area contributed by atoms with Crippen molar-refractivity contribution in [2.45, 2.75) is 37.4 Å². The Labute approximate surface area is 137 Å². The summed E-state index contributed by atoms with van der Waals surface area (Å²) < 4.78 is 0. The molecule has 1 aromatic carbocycles. The summed E-state index contributed by atoms with van der Waals surface area (Å²) in [5.41, 5.74) is 2.76. The first-order valence-electron chi connectivity index (χ1n) is 7.12. The minimum Gasteiger partial charge on any atom is -0.325 e. The van der Waals surface area contributed by atoms with Crippen molar-refractivity contribution in [2.75, 3.05) is 5.32 Å². The van der Waals surface area contributed by atoms with Gasteiger partial charge in [0.1, 0.15) is 0 Å². The van der Waals surface area contributed by atoms with E-state index in [4.69, 9.17) is 0 Å². The van der Waals surface area contributed by atoms with Gasteiger partial charge in [-0.25, -0.2) is 0 Å². The third-order valence-electron chi connectivity index (χ3n) is 4.11. The van der Waals surface area contributed by atoms with Crippen LogP contribution in [0.2, 0.25) is 0 Å². The molecule has 1 aromatic heterocycles. The third kappa shape index (κ3) is 2.44. The van der Waals surface area contributed by atoms with Crippen LogP contribution in [0.25, 0.3) is 0 Å². The highest BCUT2D eigenvalue weighted by atomic mass is 79.9. The van der Waals surface area contributed by atoms with E-state index in [2.05, 4.69) is 52.4 Å². The Kier molecular flexibility index (Phi) is 3.70. The molecule has 2 heterocycles. The minimum atomic E-state index is -0.456. The molecule has 1 atom stereocenters. The Bertz CT molecular complexity index is 705. The molecular formula is C17H18BrNOS. The molecule has 2 nitrogen and oxygen atoms in total. The van der Waals surface area contributed by atoms with Gasteiger partial charge in [-0.15, -0.1) is 11.3 Å². The summed E-state index contributed by atoms with van der Waals surface area (Å²) in [5.74, 6) is 0.0742. The number of amides is 1. The summed E-state index contributed by atoms with van der Waals surface area (Å²) >= 11 is 5.64. The molecule has 0 aliphatic carbocycles. The summed E-state index contributed by atoms with van der Waals surface area (Å²) in [6.45, 7) is 6.12. The van der Waals surface area contributed by atoms with Gasteiger partial charge in [0.15, 0.2) is 0 Å². The predicted molar refractivity (Wildman–Crippen MR) is 92.6 cm³/mol. The van der Waals surface area contributed by atoms with Crippen LogP contribution in [0, 0.1) is 0 Å². The van der Waals surface area contributed by atoms with Gasteiger partial charge >= 0.3 is 0 Å². The average molecular weight is 364 g/mol. The minimum absolute atomic E-state index is 0.0742. The van der Waals surface area contributed by atoms with E-state index in [-0.39, 0.29) is 10.7 Å². The number of hydrogen-bond donors (Lipinski definition) is 1. The van der Waals surface area contributed by atoms with Crippen LogP contribution < -0.4 is 5.32 Å². The molecule has 0 saturated carbocycles. The van der Waals surface area contributed by atoms with Gasteiger partial charge in [-0.3, -0.25) is 4.79 Å². The summed E-state index contributed by atoms with van der Waals surface area (Å²) in [6, 6.07) is 10.6. The van der Waals surface area contributed by atoms with E-state index in [1.165, 1.54) is 15.3 Å². The zero-order valence-electron chi connectivity index (χ0n) is 12.4. The highest BCUT2D eigenvalue weighted by Gasteiger charge is 2.38. The lowest BCUT2D eigenvalue weighted by Gasteiger charge is -2.17. The van der Waals surface area contributed by atoms with Gasteiger partial charge in [0, 0.05) is 15.4 Å². The second-order valence-electron chi connectivity index (χ2n) is 5.90. The molecule has 1 aliphatic heterocycles. The molecule has 21 heavy (non-hydrogen) atoms. The molecule has 2 aromatic rings. The van der Waals surface area contributed by atoms with E-state index in [9.17, 15) is 4.79 Å². The molecule has 1 aliphatic rings. The van der Waals surface area contributed by atoms with Crippen molar-refractivity contribution in [1.82, 2.24) is 0 Å². The molecule has 0 saturated heterocycles. The van der Waals surface area contributed by atoms with Gasteiger partial charge in [0.25, 0.3) is 0 Å². The van der Waals surface area contributed by atoms with Crippen LogP contribution in [0.5, 0.6) is 0 Å². The van der Waals surface area contributed by atoms with Crippen LogP contribution in [-0.4, -0.2) is 5.91 Å². The number of hydrogen-bond acceptors (Lipinski definition) is 2. The molecule has 1 unspecified atom stereocenters. The fraction of sp³-hybridized carbons (Fsp3) is 0.353. The number of rotatable bonds is 3. The summed E-state index contributed by atoms with van der Waals surface area (Å²) in [7, 11) is 0. The van der Waals surface area contributed by atoms with Crippen molar-refractivity contribution in [2.24, 2.45) is 0 Å². The number of alkyl halides is 1. The molecule has 4 heteroatoms. The van der Waals surface area contributed by atoms with Gasteiger partial charge in [0.05, 0.1) is 10.2 Å². The van der Waals surface area contributed by atoms with E-state index in [1.807, 2.05) is 31.3 Å². The first-order valence-corrected chi connectivity index (χ1v) is 8.85. The van der Waals surface area contributed by atoms with Crippen molar-refractivity contribution in [3.8, 4) is 0 Å². The van der Waals surface area contributed by atoms with Gasteiger partial charge in [-0.1, -0.05) is 35.0 Å². The van der Waals surface area contributed by atoms with Gasteiger partial charge in [-0.05, 0) is 49.6 Å². The van der Waals surface area contributed by atoms with Crippen molar-refractivity contribution in [1.29, 1.82) is 0 Å². The maximum atomic E-state index is 12.0. The molecule has 0 spiro atoms. The number of carbonyl (C=O) groups excluding carboxylic acids is 1. The van der Waals surface area contributed by atoms with Crippen LogP contribution in [0.4, 0.5) is 5.69 Å². The maximum Gasteiger partial charge on any atom is 0.234 e. The molecule has 0 radical (unpaired) electrons. The topological polar surface area (TPSA) is 29.1 Å². The lowest BCUT2D eigenvalue weighted by Crippen LogP contribution is -2.26. The normalized spacial score (nSPS) is 17.4. The Hall–Kier alpha value is -1.13.